The molecule has 0 aliphatic rings. The van der Waals surface area contributed by atoms with Crippen LogP contribution in [-0.2, 0) is 10.0 Å². The Bertz CT molecular complexity index is 348. The van der Waals surface area contributed by atoms with Gasteiger partial charge in [0, 0.05) is 5.69 Å². The normalized spacial score (nSPS) is 11.2. The Morgan fingerprint density at radius 1 is 1.23 bits per heavy atom. The first-order chi connectivity index (χ1) is 6.14. The molecule has 0 spiro atoms. The largest absolute Gasteiger partial charge is 0.308 e. The SMILES string of the molecule is CCS(=O)(=O)NNc1ccccc1. The molecule has 5 heteroatoms. The van der Waals surface area contributed by atoms with Crippen LogP contribution in [0.3, 0.4) is 0 Å². The summed E-state index contributed by atoms with van der Waals surface area (Å²) >= 11 is 0. The third-order valence-corrected chi connectivity index (χ3v) is 2.68. The molecular formula is C8H12N2O2S. The van der Waals surface area contributed by atoms with E-state index in [4.69, 9.17) is 0 Å². The van der Waals surface area contributed by atoms with E-state index in [0.29, 0.717) is 0 Å². The summed E-state index contributed by atoms with van der Waals surface area (Å²) in [6, 6.07) is 9.06. The Hall–Kier alpha value is -1.07. The van der Waals surface area contributed by atoms with E-state index in [-0.39, 0.29) is 5.75 Å². The molecule has 0 saturated heterocycles. The van der Waals surface area contributed by atoms with Gasteiger partial charge in [-0.05, 0) is 19.1 Å². The van der Waals surface area contributed by atoms with Gasteiger partial charge in [-0.3, -0.25) is 0 Å². The van der Waals surface area contributed by atoms with E-state index in [0.717, 1.165) is 5.69 Å². The van der Waals surface area contributed by atoms with Crippen LogP contribution in [0.4, 0.5) is 5.69 Å². The summed E-state index contributed by atoms with van der Waals surface area (Å²) in [6.45, 7) is 1.58. The molecule has 1 aromatic rings. The minimum atomic E-state index is -3.18. The van der Waals surface area contributed by atoms with Gasteiger partial charge in [0.25, 0.3) is 0 Å². The lowest BCUT2D eigenvalue weighted by Gasteiger charge is -2.06. The Balaban J connectivity index is 2.54. The van der Waals surface area contributed by atoms with Crippen LogP contribution in [0.15, 0.2) is 30.3 Å². The first kappa shape index (κ1) is 10.0. The summed E-state index contributed by atoms with van der Waals surface area (Å²) in [4.78, 5) is 2.25. The quantitative estimate of drug-likeness (QED) is 0.711. The number of hydrogen-bond donors (Lipinski definition) is 2. The molecule has 0 bridgehead atoms. The molecule has 0 aliphatic carbocycles. The van der Waals surface area contributed by atoms with Gasteiger partial charge in [-0.15, -0.1) is 4.83 Å². The van der Waals surface area contributed by atoms with Crippen molar-refractivity contribution >= 4 is 15.7 Å². The topological polar surface area (TPSA) is 58.2 Å². The minimum absolute atomic E-state index is 0.0623. The van der Waals surface area contributed by atoms with E-state index >= 15 is 0 Å². The maximum Gasteiger partial charge on any atom is 0.228 e. The lowest BCUT2D eigenvalue weighted by atomic mass is 10.3. The highest BCUT2D eigenvalue weighted by Gasteiger charge is 2.03. The number of benzene rings is 1. The van der Waals surface area contributed by atoms with Crippen LogP contribution >= 0.6 is 0 Å². The molecule has 2 N–H and O–H groups in total. The highest BCUT2D eigenvalue weighted by atomic mass is 32.2. The number of anilines is 1. The van der Waals surface area contributed by atoms with Crippen LogP contribution < -0.4 is 10.3 Å². The van der Waals surface area contributed by atoms with Gasteiger partial charge >= 0.3 is 0 Å². The lowest BCUT2D eigenvalue weighted by Crippen LogP contribution is -2.30. The second-order valence-corrected chi connectivity index (χ2v) is 4.51. The van der Waals surface area contributed by atoms with E-state index in [2.05, 4.69) is 10.3 Å². The van der Waals surface area contributed by atoms with E-state index < -0.39 is 10.0 Å². The zero-order valence-corrected chi connectivity index (χ0v) is 8.14. The van der Waals surface area contributed by atoms with Crippen molar-refractivity contribution < 1.29 is 8.42 Å². The summed E-state index contributed by atoms with van der Waals surface area (Å²) in [5.74, 6) is 0.0623. The smallest absolute Gasteiger partial charge is 0.228 e. The average Bonchev–Trinajstić information content (AvgIpc) is 2.17. The fourth-order valence-corrected chi connectivity index (χ4v) is 1.15. The Labute approximate surface area is 78.0 Å². The van der Waals surface area contributed by atoms with Crippen LogP contribution in [0.1, 0.15) is 6.92 Å². The third-order valence-electron chi connectivity index (χ3n) is 1.50. The predicted molar refractivity (Wildman–Crippen MR) is 52.7 cm³/mol. The highest BCUT2D eigenvalue weighted by molar-refractivity contribution is 7.89. The van der Waals surface area contributed by atoms with Crippen LogP contribution in [0, 0.1) is 0 Å². The molecular weight excluding hydrogens is 188 g/mol. The Morgan fingerprint density at radius 2 is 1.85 bits per heavy atom. The van der Waals surface area contributed by atoms with Gasteiger partial charge in [-0.25, -0.2) is 8.42 Å². The predicted octanol–water partition coefficient (Wildman–Crippen LogP) is 0.953. The molecule has 0 unspecified atom stereocenters. The molecule has 0 amide bonds. The van der Waals surface area contributed by atoms with Crippen molar-refractivity contribution in [3.05, 3.63) is 30.3 Å². The third kappa shape index (κ3) is 3.43. The van der Waals surface area contributed by atoms with Gasteiger partial charge in [0.05, 0.1) is 5.75 Å². The van der Waals surface area contributed by atoms with Crippen molar-refractivity contribution in [1.29, 1.82) is 0 Å². The van der Waals surface area contributed by atoms with Gasteiger partial charge in [0.2, 0.25) is 10.0 Å². The second kappa shape index (κ2) is 4.25. The van der Waals surface area contributed by atoms with Crippen molar-refractivity contribution in [2.75, 3.05) is 11.2 Å². The summed E-state index contributed by atoms with van der Waals surface area (Å²) < 4.78 is 22.0. The molecule has 0 radical (unpaired) electrons. The monoisotopic (exact) mass is 200 g/mol. The molecule has 0 heterocycles. The Kier molecular flexibility index (Phi) is 3.27. The molecule has 0 fully saturated rings. The molecule has 0 aliphatic heterocycles. The number of hydrogen-bond acceptors (Lipinski definition) is 3. The summed E-state index contributed by atoms with van der Waals surface area (Å²) in [6.07, 6.45) is 0. The molecule has 4 nitrogen and oxygen atoms in total. The zero-order chi connectivity index (χ0) is 9.73. The first-order valence-electron chi connectivity index (χ1n) is 3.94. The number of nitrogens with one attached hydrogen (secondary N) is 2. The van der Waals surface area contributed by atoms with Crippen molar-refractivity contribution in [2.45, 2.75) is 6.92 Å². The first-order valence-corrected chi connectivity index (χ1v) is 5.60. The van der Waals surface area contributed by atoms with Crippen molar-refractivity contribution in [3.8, 4) is 0 Å². The molecule has 1 aromatic carbocycles. The van der Waals surface area contributed by atoms with E-state index in [1.165, 1.54) is 0 Å². The van der Waals surface area contributed by atoms with Crippen LogP contribution in [0.5, 0.6) is 0 Å². The second-order valence-electron chi connectivity index (χ2n) is 2.50. The Morgan fingerprint density at radius 3 is 2.38 bits per heavy atom. The standard InChI is InChI=1S/C8H12N2O2S/c1-2-13(11,12)10-9-8-6-4-3-5-7-8/h3-7,9-10H,2H2,1H3. The van der Waals surface area contributed by atoms with Crippen molar-refractivity contribution in [2.24, 2.45) is 0 Å². The molecule has 0 atom stereocenters. The number of hydrazine groups is 1. The molecule has 0 saturated carbocycles. The number of para-hydroxylation sites is 1. The molecule has 0 aromatic heterocycles. The van der Waals surface area contributed by atoms with E-state index in [1.807, 2.05) is 18.2 Å². The summed E-state index contributed by atoms with van der Waals surface area (Å²) in [5, 5.41) is 0. The zero-order valence-electron chi connectivity index (χ0n) is 7.32. The number of rotatable bonds is 4. The van der Waals surface area contributed by atoms with Crippen LogP contribution in [0.25, 0.3) is 0 Å². The maximum absolute atomic E-state index is 11.0. The fourth-order valence-electron chi connectivity index (χ4n) is 0.730. The van der Waals surface area contributed by atoms with Gasteiger partial charge in [0.15, 0.2) is 0 Å². The summed E-state index contributed by atoms with van der Waals surface area (Å²) in [7, 11) is -3.18. The van der Waals surface area contributed by atoms with E-state index in [9.17, 15) is 8.42 Å². The van der Waals surface area contributed by atoms with Crippen LogP contribution in [0.2, 0.25) is 0 Å². The molecule has 1 rings (SSSR count). The van der Waals surface area contributed by atoms with Gasteiger partial charge in [0.1, 0.15) is 0 Å². The van der Waals surface area contributed by atoms with Gasteiger partial charge in [-0.1, -0.05) is 18.2 Å². The average molecular weight is 200 g/mol. The maximum atomic E-state index is 11.0. The minimum Gasteiger partial charge on any atom is -0.308 e. The highest BCUT2D eigenvalue weighted by Crippen LogP contribution is 2.02. The molecule has 13 heavy (non-hydrogen) atoms. The number of sulfonamides is 1. The molecule has 72 valence electrons. The van der Waals surface area contributed by atoms with Crippen molar-refractivity contribution in [1.82, 2.24) is 4.83 Å². The summed E-state index contributed by atoms with van der Waals surface area (Å²) in [5.41, 5.74) is 3.32. The van der Waals surface area contributed by atoms with Crippen LogP contribution in [-0.4, -0.2) is 14.2 Å². The lowest BCUT2D eigenvalue weighted by molar-refractivity contribution is 0.589. The van der Waals surface area contributed by atoms with Crippen molar-refractivity contribution in [3.63, 3.8) is 0 Å². The van der Waals surface area contributed by atoms with E-state index in [1.54, 1.807) is 19.1 Å². The fraction of sp³-hybridized carbons (Fsp3) is 0.250. The van der Waals surface area contributed by atoms with Gasteiger partial charge in [-0.2, -0.15) is 0 Å². The van der Waals surface area contributed by atoms with Gasteiger partial charge < -0.3 is 5.43 Å².